The van der Waals surface area contributed by atoms with Gasteiger partial charge in [-0.25, -0.2) is 9.97 Å². The van der Waals surface area contributed by atoms with Crippen LogP contribution in [0.15, 0.2) is 12.4 Å². The number of nitrogens with one attached hydrogen (secondary N) is 1. The molecule has 0 amide bonds. The Morgan fingerprint density at radius 3 is 2.40 bits per heavy atom. The van der Waals surface area contributed by atoms with Gasteiger partial charge in [0, 0.05) is 18.4 Å². The molecule has 0 aromatic carbocycles. The summed E-state index contributed by atoms with van der Waals surface area (Å²) in [4.78, 5) is 8.17. The van der Waals surface area contributed by atoms with Crippen molar-refractivity contribution in [1.82, 2.24) is 9.97 Å². The number of hydrogen-bond acceptors (Lipinski definition) is 4. The Morgan fingerprint density at radius 1 is 1.27 bits per heavy atom. The molecule has 0 aliphatic heterocycles. The number of anilines is 2. The van der Waals surface area contributed by atoms with Crippen molar-refractivity contribution in [3.05, 3.63) is 12.4 Å². The number of hydrogen-bond donors (Lipinski definition) is 2. The summed E-state index contributed by atoms with van der Waals surface area (Å²) < 4.78 is 0. The first-order valence-corrected chi connectivity index (χ1v) is 5.52. The van der Waals surface area contributed by atoms with Crippen molar-refractivity contribution in [3.8, 4) is 0 Å². The average Bonchev–Trinajstić information content (AvgIpc) is 2.23. The molecule has 84 valence electrons. The highest BCUT2D eigenvalue weighted by atomic mass is 15.1. The molecule has 0 saturated carbocycles. The van der Waals surface area contributed by atoms with Crippen molar-refractivity contribution in [3.63, 3.8) is 0 Å². The van der Waals surface area contributed by atoms with E-state index in [2.05, 4.69) is 36.1 Å². The van der Waals surface area contributed by atoms with Crippen LogP contribution in [0.4, 0.5) is 11.6 Å². The van der Waals surface area contributed by atoms with E-state index < -0.39 is 0 Å². The third-order valence-corrected chi connectivity index (χ3v) is 2.85. The van der Waals surface area contributed by atoms with Crippen molar-refractivity contribution in [2.75, 3.05) is 11.1 Å². The molecule has 4 nitrogen and oxygen atoms in total. The van der Waals surface area contributed by atoms with Gasteiger partial charge < -0.3 is 11.1 Å². The maximum Gasteiger partial charge on any atom is 0.169 e. The van der Waals surface area contributed by atoms with E-state index in [1.807, 2.05) is 0 Å². The standard InChI is InChI=1S/C11H20N4/c1-4-9(5-2)8(3)15-11-10(12)13-6-7-14-11/h6-9H,4-5H2,1-3H3,(H2,12,13)(H,14,15). The monoisotopic (exact) mass is 208 g/mol. The van der Waals surface area contributed by atoms with Crippen molar-refractivity contribution < 1.29 is 0 Å². The van der Waals surface area contributed by atoms with E-state index in [9.17, 15) is 0 Å². The first kappa shape index (κ1) is 11.8. The van der Waals surface area contributed by atoms with Crippen molar-refractivity contribution in [1.29, 1.82) is 0 Å². The Bertz CT molecular complexity index is 296. The summed E-state index contributed by atoms with van der Waals surface area (Å²) >= 11 is 0. The summed E-state index contributed by atoms with van der Waals surface area (Å²) in [6.45, 7) is 6.56. The predicted octanol–water partition coefficient (Wildman–Crippen LogP) is 2.30. The summed E-state index contributed by atoms with van der Waals surface area (Å²) in [6, 6.07) is 0.374. The second kappa shape index (κ2) is 5.53. The first-order chi connectivity index (χ1) is 7.19. The van der Waals surface area contributed by atoms with Gasteiger partial charge in [0.05, 0.1) is 0 Å². The fraction of sp³-hybridized carbons (Fsp3) is 0.636. The van der Waals surface area contributed by atoms with Crippen LogP contribution in [0.1, 0.15) is 33.6 Å². The Morgan fingerprint density at radius 2 is 1.87 bits per heavy atom. The van der Waals surface area contributed by atoms with Crippen LogP contribution in [0.5, 0.6) is 0 Å². The van der Waals surface area contributed by atoms with Gasteiger partial charge >= 0.3 is 0 Å². The van der Waals surface area contributed by atoms with Crippen LogP contribution >= 0.6 is 0 Å². The van der Waals surface area contributed by atoms with Crippen molar-refractivity contribution in [2.45, 2.75) is 39.7 Å². The highest BCUT2D eigenvalue weighted by Gasteiger charge is 2.14. The minimum absolute atomic E-state index is 0.374. The maximum atomic E-state index is 5.72. The summed E-state index contributed by atoms with van der Waals surface area (Å²) in [5, 5.41) is 3.31. The second-order valence-electron chi connectivity index (χ2n) is 3.80. The van der Waals surface area contributed by atoms with Crippen LogP contribution in [-0.4, -0.2) is 16.0 Å². The maximum absolute atomic E-state index is 5.72. The van der Waals surface area contributed by atoms with E-state index in [1.54, 1.807) is 12.4 Å². The van der Waals surface area contributed by atoms with Crippen LogP contribution in [-0.2, 0) is 0 Å². The molecule has 1 unspecified atom stereocenters. The van der Waals surface area contributed by atoms with Crippen LogP contribution in [0.3, 0.4) is 0 Å². The number of rotatable bonds is 5. The minimum atomic E-state index is 0.374. The Kier molecular flexibility index (Phi) is 4.34. The van der Waals surface area contributed by atoms with Gasteiger partial charge in [0.2, 0.25) is 0 Å². The normalized spacial score (nSPS) is 12.8. The van der Waals surface area contributed by atoms with Gasteiger partial charge in [-0.2, -0.15) is 0 Å². The van der Waals surface area contributed by atoms with Gasteiger partial charge in [-0.15, -0.1) is 0 Å². The molecule has 15 heavy (non-hydrogen) atoms. The van der Waals surface area contributed by atoms with Gasteiger partial charge in [-0.1, -0.05) is 26.7 Å². The molecule has 0 radical (unpaired) electrons. The van der Waals surface area contributed by atoms with Crippen LogP contribution in [0.25, 0.3) is 0 Å². The lowest BCUT2D eigenvalue weighted by atomic mass is 9.95. The average molecular weight is 208 g/mol. The molecule has 0 saturated heterocycles. The molecule has 1 atom stereocenters. The van der Waals surface area contributed by atoms with E-state index in [1.165, 1.54) is 0 Å². The van der Waals surface area contributed by atoms with E-state index >= 15 is 0 Å². The lowest BCUT2D eigenvalue weighted by Gasteiger charge is -2.23. The summed E-state index contributed by atoms with van der Waals surface area (Å²) in [7, 11) is 0. The molecular weight excluding hydrogens is 188 g/mol. The van der Waals surface area contributed by atoms with Crippen molar-refractivity contribution in [2.24, 2.45) is 5.92 Å². The fourth-order valence-electron chi connectivity index (χ4n) is 1.79. The van der Waals surface area contributed by atoms with Gasteiger partial charge in [0.15, 0.2) is 11.6 Å². The Balaban J connectivity index is 2.65. The van der Waals surface area contributed by atoms with Crippen LogP contribution in [0, 0.1) is 5.92 Å². The molecule has 1 rings (SSSR count). The van der Waals surface area contributed by atoms with Crippen LogP contribution < -0.4 is 11.1 Å². The van der Waals surface area contributed by atoms with E-state index in [0.717, 1.165) is 12.8 Å². The largest absolute Gasteiger partial charge is 0.381 e. The molecule has 1 heterocycles. The lowest BCUT2D eigenvalue weighted by molar-refractivity contribution is 0.437. The molecule has 3 N–H and O–H groups in total. The zero-order valence-corrected chi connectivity index (χ0v) is 9.70. The Labute approximate surface area is 91.3 Å². The zero-order chi connectivity index (χ0) is 11.3. The molecule has 1 aromatic heterocycles. The zero-order valence-electron chi connectivity index (χ0n) is 9.70. The smallest absolute Gasteiger partial charge is 0.169 e. The summed E-state index contributed by atoms with van der Waals surface area (Å²) in [6.07, 6.45) is 5.57. The number of nitrogens with two attached hydrogens (primary N) is 1. The van der Waals surface area contributed by atoms with E-state index in [0.29, 0.717) is 23.6 Å². The number of aromatic nitrogens is 2. The minimum Gasteiger partial charge on any atom is -0.381 e. The van der Waals surface area contributed by atoms with Gasteiger partial charge in [0.1, 0.15) is 0 Å². The first-order valence-electron chi connectivity index (χ1n) is 5.52. The Hall–Kier alpha value is -1.32. The number of nitrogens with zero attached hydrogens (tertiary/aromatic N) is 2. The molecule has 1 aromatic rings. The van der Waals surface area contributed by atoms with Crippen LogP contribution in [0.2, 0.25) is 0 Å². The molecule has 0 bridgehead atoms. The third kappa shape index (κ3) is 3.08. The summed E-state index contributed by atoms with van der Waals surface area (Å²) in [5.74, 6) is 1.80. The predicted molar refractivity (Wildman–Crippen MR) is 63.6 cm³/mol. The quantitative estimate of drug-likeness (QED) is 0.779. The molecule has 0 spiro atoms. The highest BCUT2D eigenvalue weighted by molar-refractivity contribution is 5.55. The lowest BCUT2D eigenvalue weighted by Crippen LogP contribution is -2.26. The molecule has 4 heteroatoms. The van der Waals surface area contributed by atoms with Gasteiger partial charge in [0.25, 0.3) is 0 Å². The number of nitrogen functional groups attached to an aromatic ring is 1. The summed E-state index contributed by atoms with van der Waals surface area (Å²) in [5.41, 5.74) is 5.72. The molecule has 0 aliphatic carbocycles. The second-order valence-corrected chi connectivity index (χ2v) is 3.80. The third-order valence-electron chi connectivity index (χ3n) is 2.85. The molecular formula is C11H20N4. The van der Waals surface area contributed by atoms with E-state index in [-0.39, 0.29) is 0 Å². The highest BCUT2D eigenvalue weighted by Crippen LogP contribution is 2.18. The molecule has 0 aliphatic rings. The van der Waals surface area contributed by atoms with Gasteiger partial charge in [-0.3, -0.25) is 0 Å². The van der Waals surface area contributed by atoms with E-state index in [4.69, 9.17) is 5.73 Å². The topological polar surface area (TPSA) is 63.8 Å². The van der Waals surface area contributed by atoms with Crippen molar-refractivity contribution >= 4 is 11.6 Å². The SMILES string of the molecule is CCC(CC)C(C)Nc1nccnc1N. The van der Waals surface area contributed by atoms with Gasteiger partial charge in [-0.05, 0) is 12.8 Å². The fourth-order valence-corrected chi connectivity index (χ4v) is 1.79. The molecule has 0 fully saturated rings.